The number of para-hydroxylation sites is 2. The Kier molecular flexibility index (Phi) is 4.24. The van der Waals surface area contributed by atoms with Crippen LogP contribution >= 0.6 is 0 Å². The number of hydrogen-bond donors (Lipinski definition) is 1. The zero-order valence-electron chi connectivity index (χ0n) is 14.4. The van der Waals surface area contributed by atoms with Crippen molar-refractivity contribution in [2.75, 3.05) is 20.1 Å². The van der Waals surface area contributed by atoms with E-state index in [2.05, 4.69) is 10.3 Å². The maximum absolute atomic E-state index is 12.7. The molecule has 1 aliphatic heterocycles. The maximum Gasteiger partial charge on any atom is 0.253 e. The maximum atomic E-state index is 12.7. The average molecular weight is 334 g/mol. The van der Waals surface area contributed by atoms with Gasteiger partial charge in [-0.15, -0.1) is 0 Å². The Morgan fingerprint density at radius 2 is 1.84 bits per heavy atom. The molecule has 5 heteroatoms. The highest BCUT2D eigenvalue weighted by Gasteiger charge is 2.22. The minimum Gasteiger partial charge on any atom is -0.339 e. The molecule has 0 spiro atoms. The van der Waals surface area contributed by atoms with Gasteiger partial charge in [0.05, 0.1) is 11.0 Å². The molecule has 25 heavy (non-hydrogen) atoms. The smallest absolute Gasteiger partial charge is 0.253 e. The molecule has 5 nitrogen and oxygen atoms in total. The van der Waals surface area contributed by atoms with Crippen LogP contribution in [0.2, 0.25) is 0 Å². The Morgan fingerprint density at radius 3 is 2.60 bits per heavy atom. The molecule has 2 heterocycles. The van der Waals surface area contributed by atoms with Gasteiger partial charge in [0.1, 0.15) is 6.33 Å². The van der Waals surface area contributed by atoms with Gasteiger partial charge in [-0.3, -0.25) is 9.36 Å². The predicted octanol–water partition coefficient (Wildman–Crippen LogP) is 2.85. The number of amides is 1. The molecule has 0 atom stereocenters. The lowest BCUT2D eigenvalue weighted by atomic mass is 10.0. The first-order valence-electron chi connectivity index (χ1n) is 8.74. The van der Waals surface area contributed by atoms with E-state index in [4.69, 9.17) is 0 Å². The molecule has 0 aliphatic carbocycles. The average Bonchev–Trinajstić information content (AvgIpc) is 3.12. The van der Waals surface area contributed by atoms with Crippen molar-refractivity contribution in [3.8, 4) is 5.69 Å². The van der Waals surface area contributed by atoms with Crippen LogP contribution in [0.5, 0.6) is 0 Å². The predicted molar refractivity (Wildman–Crippen MR) is 99.1 cm³/mol. The molecular weight excluding hydrogens is 312 g/mol. The number of aromatic nitrogens is 2. The van der Waals surface area contributed by atoms with Crippen molar-refractivity contribution in [3.05, 3.63) is 60.4 Å². The second-order valence-corrected chi connectivity index (χ2v) is 6.55. The van der Waals surface area contributed by atoms with Gasteiger partial charge in [0.25, 0.3) is 5.91 Å². The Labute approximate surface area is 147 Å². The second kappa shape index (κ2) is 6.69. The van der Waals surface area contributed by atoms with Gasteiger partial charge in [-0.25, -0.2) is 4.98 Å². The van der Waals surface area contributed by atoms with E-state index < -0.39 is 0 Å². The summed E-state index contributed by atoms with van der Waals surface area (Å²) in [5.74, 6) is 0.0916. The van der Waals surface area contributed by atoms with Gasteiger partial charge in [-0.2, -0.15) is 0 Å². The number of rotatable bonds is 3. The van der Waals surface area contributed by atoms with E-state index in [0.29, 0.717) is 6.04 Å². The zero-order chi connectivity index (χ0) is 17.2. The lowest BCUT2D eigenvalue weighted by Gasteiger charge is -2.31. The molecule has 1 aliphatic rings. The number of carbonyl (C=O) groups excluding carboxylic acids is 1. The number of nitrogens with zero attached hydrogens (tertiary/aromatic N) is 3. The molecule has 0 saturated carbocycles. The van der Waals surface area contributed by atoms with Gasteiger partial charge < -0.3 is 10.2 Å². The van der Waals surface area contributed by atoms with Crippen LogP contribution in [-0.2, 0) is 0 Å². The van der Waals surface area contributed by atoms with E-state index in [9.17, 15) is 4.79 Å². The van der Waals surface area contributed by atoms with Crippen LogP contribution in [0.1, 0.15) is 23.2 Å². The third-order valence-corrected chi connectivity index (χ3v) is 5.02. The van der Waals surface area contributed by atoms with E-state index in [1.807, 2.05) is 71.4 Å². The molecule has 1 saturated heterocycles. The first kappa shape index (κ1) is 15.8. The van der Waals surface area contributed by atoms with Gasteiger partial charge in [-0.1, -0.05) is 12.1 Å². The summed E-state index contributed by atoms with van der Waals surface area (Å²) >= 11 is 0. The minimum atomic E-state index is 0.0916. The molecule has 2 aromatic carbocycles. The lowest BCUT2D eigenvalue weighted by molar-refractivity contribution is 0.0703. The highest BCUT2D eigenvalue weighted by molar-refractivity contribution is 5.94. The van der Waals surface area contributed by atoms with Crippen molar-refractivity contribution in [2.24, 2.45) is 0 Å². The minimum absolute atomic E-state index is 0.0916. The summed E-state index contributed by atoms with van der Waals surface area (Å²) in [6.45, 7) is 1.96. The third-order valence-electron chi connectivity index (χ3n) is 5.02. The van der Waals surface area contributed by atoms with Crippen LogP contribution < -0.4 is 5.32 Å². The SMILES string of the molecule is CN(C(=O)c1ccc(-n2cnc3ccccc32)cc1)C1CCNCC1. The molecule has 3 aromatic rings. The van der Waals surface area contributed by atoms with Crippen molar-refractivity contribution in [3.63, 3.8) is 0 Å². The Bertz CT molecular complexity index is 878. The van der Waals surface area contributed by atoms with Crippen LogP contribution in [0.15, 0.2) is 54.9 Å². The van der Waals surface area contributed by atoms with E-state index >= 15 is 0 Å². The summed E-state index contributed by atoms with van der Waals surface area (Å²) in [6.07, 6.45) is 3.85. The highest BCUT2D eigenvalue weighted by atomic mass is 16.2. The number of fused-ring (bicyclic) bond motifs is 1. The molecule has 0 bridgehead atoms. The van der Waals surface area contributed by atoms with E-state index in [1.54, 1.807) is 0 Å². The molecule has 1 N–H and O–H groups in total. The highest BCUT2D eigenvalue weighted by Crippen LogP contribution is 2.19. The van der Waals surface area contributed by atoms with Crippen molar-refractivity contribution < 1.29 is 4.79 Å². The van der Waals surface area contributed by atoms with Crippen LogP contribution in [-0.4, -0.2) is 46.5 Å². The molecule has 128 valence electrons. The van der Waals surface area contributed by atoms with Crippen LogP contribution in [0.25, 0.3) is 16.7 Å². The largest absolute Gasteiger partial charge is 0.339 e. The van der Waals surface area contributed by atoms with Gasteiger partial charge in [-0.05, 0) is 62.3 Å². The van der Waals surface area contributed by atoms with E-state index in [-0.39, 0.29) is 5.91 Å². The summed E-state index contributed by atoms with van der Waals surface area (Å²) < 4.78 is 2.04. The standard InChI is InChI=1S/C20H22N4O/c1-23(16-10-12-21-13-11-16)20(25)15-6-8-17(9-7-15)24-14-22-18-4-2-3-5-19(18)24/h2-9,14,16,21H,10-13H2,1H3. The number of imidazole rings is 1. The van der Waals surface area contributed by atoms with Crippen molar-refractivity contribution in [1.82, 2.24) is 19.8 Å². The summed E-state index contributed by atoms with van der Waals surface area (Å²) in [4.78, 5) is 19.1. The monoisotopic (exact) mass is 334 g/mol. The van der Waals surface area contributed by atoms with Gasteiger partial charge >= 0.3 is 0 Å². The number of benzene rings is 2. The summed E-state index contributed by atoms with van der Waals surface area (Å²) in [7, 11) is 1.91. The molecule has 0 radical (unpaired) electrons. The molecule has 1 amide bonds. The van der Waals surface area contributed by atoms with E-state index in [0.717, 1.165) is 48.2 Å². The summed E-state index contributed by atoms with van der Waals surface area (Å²) in [5.41, 5.74) is 3.77. The number of nitrogens with one attached hydrogen (secondary N) is 1. The fourth-order valence-electron chi connectivity index (χ4n) is 3.49. The van der Waals surface area contributed by atoms with Crippen molar-refractivity contribution in [2.45, 2.75) is 18.9 Å². The van der Waals surface area contributed by atoms with Crippen LogP contribution in [0, 0.1) is 0 Å². The number of carbonyl (C=O) groups is 1. The molecular formula is C20H22N4O. The van der Waals surface area contributed by atoms with Crippen molar-refractivity contribution >= 4 is 16.9 Å². The Morgan fingerprint density at radius 1 is 1.12 bits per heavy atom. The molecule has 1 fully saturated rings. The first-order chi connectivity index (χ1) is 12.2. The Hall–Kier alpha value is -2.66. The normalized spacial score (nSPS) is 15.4. The topological polar surface area (TPSA) is 50.2 Å². The number of piperidine rings is 1. The van der Waals surface area contributed by atoms with Gasteiger partial charge in [0.15, 0.2) is 0 Å². The van der Waals surface area contributed by atoms with Crippen molar-refractivity contribution in [1.29, 1.82) is 0 Å². The fourth-order valence-corrected chi connectivity index (χ4v) is 3.49. The van der Waals surface area contributed by atoms with Crippen LogP contribution in [0.4, 0.5) is 0 Å². The first-order valence-corrected chi connectivity index (χ1v) is 8.74. The molecule has 0 unspecified atom stereocenters. The fraction of sp³-hybridized carbons (Fsp3) is 0.300. The summed E-state index contributed by atoms with van der Waals surface area (Å²) in [6, 6.07) is 16.1. The van der Waals surface area contributed by atoms with Gasteiger partial charge in [0.2, 0.25) is 0 Å². The molecule has 4 rings (SSSR count). The quantitative estimate of drug-likeness (QED) is 0.801. The lowest BCUT2D eigenvalue weighted by Crippen LogP contribution is -2.43. The summed E-state index contributed by atoms with van der Waals surface area (Å²) in [5, 5.41) is 3.34. The van der Waals surface area contributed by atoms with E-state index in [1.165, 1.54) is 0 Å². The van der Waals surface area contributed by atoms with Gasteiger partial charge in [0, 0.05) is 24.3 Å². The third kappa shape index (κ3) is 3.03. The molecule has 1 aromatic heterocycles. The Balaban J connectivity index is 1.56. The number of hydrogen-bond acceptors (Lipinski definition) is 3. The van der Waals surface area contributed by atoms with Crippen LogP contribution in [0.3, 0.4) is 0 Å². The second-order valence-electron chi connectivity index (χ2n) is 6.55. The zero-order valence-corrected chi connectivity index (χ0v) is 14.4.